The van der Waals surface area contributed by atoms with E-state index in [-0.39, 0.29) is 17.0 Å². The van der Waals surface area contributed by atoms with Crippen LogP contribution in [0.3, 0.4) is 0 Å². The summed E-state index contributed by atoms with van der Waals surface area (Å²) >= 11 is 0. The number of ether oxygens (including phenoxy) is 1. The Morgan fingerprint density at radius 2 is 1.67 bits per heavy atom. The Morgan fingerprint density at radius 1 is 0.905 bits per heavy atom. The second-order valence-electron chi connectivity index (χ2n) is 5.10. The lowest BCUT2D eigenvalue weighted by Gasteiger charge is -2.30. The first-order valence-corrected chi connectivity index (χ1v) is 8.24. The lowest BCUT2D eigenvalue weighted by Crippen LogP contribution is -2.40. The minimum Gasteiger partial charge on any atom is -0.508 e. The van der Waals surface area contributed by atoms with Gasteiger partial charge in [-0.3, -0.25) is 0 Å². The van der Waals surface area contributed by atoms with Crippen LogP contribution in [0.2, 0.25) is 0 Å². The van der Waals surface area contributed by atoms with Crippen LogP contribution in [0.15, 0.2) is 82.6 Å². The zero-order valence-electron chi connectivity index (χ0n) is 11.3. The topological polar surface area (TPSA) is 29.5 Å². The van der Waals surface area contributed by atoms with Gasteiger partial charge in [-0.25, -0.2) is 0 Å². The standard InChI is InChI=1S/C18H14O2S/c19-13-9-11-14(12-10-13)21-17-7-3-1-5-15(17)20-16-6-2-4-8-18(16)21/h1-12,15,17H/p+1. The molecule has 4 rings (SSSR count). The maximum atomic E-state index is 9.54. The molecule has 0 aromatic heterocycles. The number of fused-ring (bicyclic) bond motifs is 2. The van der Waals surface area contributed by atoms with Gasteiger partial charge in [0.25, 0.3) is 0 Å². The molecule has 2 aromatic carbocycles. The number of para-hydroxylation sites is 1. The van der Waals surface area contributed by atoms with Gasteiger partial charge in [0, 0.05) is 0 Å². The Balaban J connectivity index is 1.87. The molecule has 1 N–H and O–H groups in total. The van der Waals surface area contributed by atoms with Crippen molar-refractivity contribution in [3.63, 3.8) is 0 Å². The number of hydrogen-bond acceptors (Lipinski definition) is 2. The van der Waals surface area contributed by atoms with E-state index in [2.05, 4.69) is 30.4 Å². The third-order valence-electron chi connectivity index (χ3n) is 3.75. The van der Waals surface area contributed by atoms with Crippen molar-refractivity contribution in [1.82, 2.24) is 0 Å². The fourth-order valence-corrected chi connectivity index (χ4v) is 5.30. The zero-order chi connectivity index (χ0) is 14.2. The van der Waals surface area contributed by atoms with Crippen molar-refractivity contribution in [2.24, 2.45) is 0 Å². The highest BCUT2D eigenvalue weighted by Crippen LogP contribution is 2.42. The van der Waals surface area contributed by atoms with Crippen LogP contribution in [0.4, 0.5) is 0 Å². The second kappa shape index (κ2) is 5.01. The van der Waals surface area contributed by atoms with Crippen molar-refractivity contribution in [1.29, 1.82) is 0 Å². The highest BCUT2D eigenvalue weighted by Gasteiger charge is 2.46. The van der Waals surface area contributed by atoms with Gasteiger partial charge in [0.15, 0.2) is 22.0 Å². The average Bonchev–Trinajstić information content (AvgIpc) is 2.53. The molecule has 21 heavy (non-hydrogen) atoms. The first-order chi connectivity index (χ1) is 10.3. The molecule has 2 nitrogen and oxygen atoms in total. The van der Waals surface area contributed by atoms with E-state index in [1.807, 2.05) is 30.3 Å². The Kier molecular flexibility index (Phi) is 3.00. The number of aromatic hydroxyl groups is 1. The summed E-state index contributed by atoms with van der Waals surface area (Å²) in [5, 5.41) is 9.85. The normalized spacial score (nSPS) is 25.8. The van der Waals surface area contributed by atoms with Gasteiger partial charge >= 0.3 is 0 Å². The third-order valence-corrected chi connectivity index (χ3v) is 6.31. The van der Waals surface area contributed by atoms with Crippen molar-refractivity contribution < 1.29 is 9.84 Å². The van der Waals surface area contributed by atoms with E-state index in [1.165, 1.54) is 9.79 Å². The SMILES string of the molecule is Oc1ccc([S+]2c3ccccc3OC3C=CC=CC32)cc1. The summed E-state index contributed by atoms with van der Waals surface area (Å²) in [6.07, 6.45) is 8.59. The Hall–Kier alpha value is -2.13. The van der Waals surface area contributed by atoms with Crippen LogP contribution in [-0.4, -0.2) is 16.5 Å². The van der Waals surface area contributed by atoms with Crippen molar-refractivity contribution in [2.45, 2.75) is 21.1 Å². The van der Waals surface area contributed by atoms with Gasteiger partial charge in [0.2, 0.25) is 4.90 Å². The Labute approximate surface area is 126 Å². The maximum absolute atomic E-state index is 9.54. The molecule has 0 fully saturated rings. The molecule has 1 heterocycles. The molecule has 2 aromatic rings. The van der Waals surface area contributed by atoms with E-state index in [9.17, 15) is 5.11 Å². The van der Waals surface area contributed by atoms with E-state index in [4.69, 9.17) is 4.74 Å². The lowest BCUT2D eigenvalue weighted by atomic mass is 10.1. The van der Waals surface area contributed by atoms with Crippen LogP contribution in [0.1, 0.15) is 0 Å². The predicted molar refractivity (Wildman–Crippen MR) is 84.9 cm³/mol. The van der Waals surface area contributed by atoms with Crippen molar-refractivity contribution >= 4 is 10.9 Å². The van der Waals surface area contributed by atoms with E-state index in [0.717, 1.165) is 5.75 Å². The molecule has 0 saturated heterocycles. The molecule has 1 aliphatic heterocycles. The quantitative estimate of drug-likeness (QED) is 0.813. The van der Waals surface area contributed by atoms with Crippen LogP contribution in [0, 0.1) is 0 Å². The molecule has 104 valence electrons. The molecule has 2 aliphatic rings. The van der Waals surface area contributed by atoms with Crippen LogP contribution in [-0.2, 0) is 10.9 Å². The van der Waals surface area contributed by atoms with Crippen molar-refractivity contribution in [3.05, 3.63) is 72.8 Å². The first kappa shape index (κ1) is 12.6. The maximum Gasteiger partial charge on any atom is 0.203 e. The van der Waals surface area contributed by atoms with E-state index >= 15 is 0 Å². The number of hydrogen-bond donors (Lipinski definition) is 1. The summed E-state index contributed by atoms with van der Waals surface area (Å²) in [6, 6.07) is 15.8. The van der Waals surface area contributed by atoms with Crippen LogP contribution in [0.25, 0.3) is 0 Å². The average molecular weight is 295 g/mol. The Bertz CT molecular complexity index is 718. The number of phenols is 1. The van der Waals surface area contributed by atoms with Gasteiger partial charge in [-0.1, -0.05) is 24.3 Å². The fourth-order valence-electron chi connectivity index (χ4n) is 2.78. The van der Waals surface area contributed by atoms with Gasteiger partial charge in [-0.2, -0.15) is 0 Å². The molecule has 0 bridgehead atoms. The summed E-state index contributed by atoms with van der Waals surface area (Å²) in [4.78, 5) is 2.47. The molecule has 3 heteroatoms. The van der Waals surface area contributed by atoms with Gasteiger partial charge in [0.05, 0.1) is 10.9 Å². The summed E-state index contributed by atoms with van der Waals surface area (Å²) < 4.78 is 6.13. The van der Waals surface area contributed by atoms with E-state index in [1.54, 1.807) is 12.1 Å². The molecular weight excluding hydrogens is 280 g/mol. The summed E-state index contributed by atoms with van der Waals surface area (Å²) in [6.45, 7) is 0. The Morgan fingerprint density at radius 3 is 2.52 bits per heavy atom. The van der Waals surface area contributed by atoms with Crippen molar-refractivity contribution in [2.75, 3.05) is 0 Å². The zero-order valence-corrected chi connectivity index (χ0v) is 12.2. The molecule has 3 atom stereocenters. The number of rotatable bonds is 1. The van der Waals surface area contributed by atoms with Gasteiger partial charge in [0.1, 0.15) is 5.75 Å². The number of phenolic OH excluding ortho intramolecular Hbond substituents is 1. The minimum atomic E-state index is -0.0819. The largest absolute Gasteiger partial charge is 0.508 e. The highest BCUT2D eigenvalue weighted by molar-refractivity contribution is 7.98. The molecule has 0 saturated carbocycles. The number of benzene rings is 2. The summed E-state index contributed by atoms with van der Waals surface area (Å²) in [5.41, 5.74) is 0. The number of allylic oxidation sites excluding steroid dienone is 2. The minimum absolute atomic E-state index is 0.0819. The first-order valence-electron chi connectivity index (χ1n) is 6.96. The van der Waals surface area contributed by atoms with E-state index in [0.29, 0.717) is 11.0 Å². The summed E-state index contributed by atoms with van der Waals surface area (Å²) in [5.74, 6) is 1.27. The molecule has 0 radical (unpaired) electrons. The van der Waals surface area contributed by atoms with E-state index < -0.39 is 0 Å². The van der Waals surface area contributed by atoms with Crippen LogP contribution < -0.4 is 4.74 Å². The summed E-state index contributed by atoms with van der Waals surface area (Å²) in [7, 11) is -0.0819. The van der Waals surface area contributed by atoms with Gasteiger partial charge in [-0.15, -0.1) is 0 Å². The highest BCUT2D eigenvalue weighted by atomic mass is 32.2. The monoisotopic (exact) mass is 295 g/mol. The van der Waals surface area contributed by atoms with Crippen LogP contribution >= 0.6 is 0 Å². The fraction of sp³-hybridized carbons (Fsp3) is 0.111. The van der Waals surface area contributed by atoms with Gasteiger partial charge in [-0.05, 0) is 48.6 Å². The van der Waals surface area contributed by atoms with Crippen LogP contribution in [0.5, 0.6) is 11.5 Å². The van der Waals surface area contributed by atoms with Gasteiger partial charge < -0.3 is 9.84 Å². The second-order valence-corrected chi connectivity index (χ2v) is 7.23. The smallest absolute Gasteiger partial charge is 0.203 e. The molecule has 0 spiro atoms. The lowest BCUT2D eigenvalue weighted by molar-refractivity contribution is 0.242. The molecular formula is C18H15O2S+. The predicted octanol–water partition coefficient (Wildman–Crippen LogP) is 3.68. The molecule has 1 aliphatic carbocycles. The molecule has 3 unspecified atom stereocenters. The third kappa shape index (κ3) is 2.14. The van der Waals surface area contributed by atoms with Crippen molar-refractivity contribution in [3.8, 4) is 11.5 Å². The molecule has 0 amide bonds.